The monoisotopic (exact) mass is 270 g/mol. The van der Waals surface area contributed by atoms with Gasteiger partial charge in [0.05, 0.1) is 10.7 Å². The van der Waals surface area contributed by atoms with Gasteiger partial charge in [-0.3, -0.25) is 4.79 Å². The average Bonchev–Trinajstić information content (AvgIpc) is 2.29. The maximum absolute atomic E-state index is 11.6. The van der Waals surface area contributed by atoms with Gasteiger partial charge >= 0.3 is 0 Å². The van der Waals surface area contributed by atoms with Crippen LogP contribution in [0.1, 0.15) is 31.7 Å². The predicted molar refractivity (Wildman–Crippen MR) is 75.5 cm³/mol. The molecule has 0 saturated heterocycles. The van der Waals surface area contributed by atoms with Crippen molar-refractivity contribution in [3.8, 4) is 0 Å². The number of hydrogen-bond acceptors (Lipinski definition) is 2. The lowest BCUT2D eigenvalue weighted by Gasteiger charge is -2.08. The van der Waals surface area contributed by atoms with Gasteiger partial charge in [-0.2, -0.15) is 0 Å². The zero-order chi connectivity index (χ0) is 12.8. The Morgan fingerprint density at radius 1 is 1.53 bits per heavy atom. The molecule has 0 heterocycles. The molecule has 0 aliphatic carbocycles. The number of nitrogens with one attached hydrogen (secondary N) is 1. The average molecular weight is 271 g/mol. The Morgan fingerprint density at radius 2 is 2.24 bits per heavy atom. The van der Waals surface area contributed by atoms with Crippen molar-refractivity contribution in [2.45, 2.75) is 26.2 Å². The van der Waals surface area contributed by atoms with E-state index in [1.807, 2.05) is 6.92 Å². The minimum atomic E-state index is -0.0474. The normalized spacial score (nSPS) is 10.0. The predicted octanol–water partition coefficient (Wildman–Crippen LogP) is 3.10. The van der Waals surface area contributed by atoms with Crippen molar-refractivity contribution in [1.29, 1.82) is 0 Å². The molecule has 1 aromatic carbocycles. The van der Waals surface area contributed by atoms with Crippen molar-refractivity contribution in [3.05, 3.63) is 28.8 Å². The quantitative estimate of drug-likeness (QED) is 0.809. The fraction of sp³-hybridized carbons (Fsp3) is 0.333. The van der Waals surface area contributed by atoms with Gasteiger partial charge in [-0.05, 0) is 18.6 Å². The largest absolute Gasteiger partial charge is 0.389 e. The Morgan fingerprint density at radius 3 is 2.82 bits per heavy atom. The van der Waals surface area contributed by atoms with Crippen LogP contribution in [0.5, 0.6) is 0 Å². The lowest BCUT2D eigenvalue weighted by atomic mass is 10.2. The summed E-state index contributed by atoms with van der Waals surface area (Å²) in [6.07, 6.45) is 2.33. The number of unbranched alkanes of at least 4 members (excludes halogenated alkanes) is 1. The molecule has 0 aromatic heterocycles. The summed E-state index contributed by atoms with van der Waals surface area (Å²) in [7, 11) is 0. The van der Waals surface area contributed by atoms with Crippen LogP contribution in [0.25, 0.3) is 0 Å². The van der Waals surface area contributed by atoms with Gasteiger partial charge in [0.25, 0.3) is 0 Å². The molecule has 5 heteroatoms. The van der Waals surface area contributed by atoms with Gasteiger partial charge < -0.3 is 11.1 Å². The zero-order valence-electron chi connectivity index (χ0n) is 9.63. The maximum Gasteiger partial charge on any atom is 0.224 e. The first kappa shape index (κ1) is 13.9. The highest BCUT2D eigenvalue weighted by atomic mass is 35.5. The van der Waals surface area contributed by atoms with Gasteiger partial charge in [-0.25, -0.2) is 0 Å². The lowest BCUT2D eigenvalue weighted by Crippen LogP contribution is -2.13. The van der Waals surface area contributed by atoms with Crippen LogP contribution in [-0.2, 0) is 4.79 Å². The van der Waals surface area contributed by atoms with Gasteiger partial charge in [0.1, 0.15) is 4.99 Å². The molecule has 0 unspecified atom stereocenters. The van der Waals surface area contributed by atoms with Gasteiger partial charge in [0, 0.05) is 12.0 Å². The molecule has 3 N–H and O–H groups in total. The summed E-state index contributed by atoms with van der Waals surface area (Å²) in [5.74, 6) is -0.0474. The Hall–Kier alpha value is -1.13. The molecular formula is C12H15ClN2OS. The van der Waals surface area contributed by atoms with E-state index in [1.165, 1.54) is 0 Å². The van der Waals surface area contributed by atoms with Crippen LogP contribution in [0.4, 0.5) is 5.69 Å². The van der Waals surface area contributed by atoms with Gasteiger partial charge in [0.2, 0.25) is 5.91 Å². The topological polar surface area (TPSA) is 55.1 Å². The summed E-state index contributed by atoms with van der Waals surface area (Å²) in [4.78, 5) is 11.9. The summed E-state index contributed by atoms with van der Waals surface area (Å²) >= 11 is 10.9. The van der Waals surface area contributed by atoms with Crippen LogP contribution in [0.3, 0.4) is 0 Å². The van der Waals surface area contributed by atoms with Crippen LogP contribution < -0.4 is 11.1 Å². The first-order valence-electron chi connectivity index (χ1n) is 5.43. The van der Waals surface area contributed by atoms with Gasteiger partial charge in [-0.15, -0.1) is 0 Å². The number of nitrogens with two attached hydrogens (primary N) is 1. The first-order chi connectivity index (χ1) is 8.04. The highest BCUT2D eigenvalue weighted by molar-refractivity contribution is 7.80. The van der Waals surface area contributed by atoms with Crippen molar-refractivity contribution < 1.29 is 4.79 Å². The van der Waals surface area contributed by atoms with Crippen molar-refractivity contribution >= 4 is 40.4 Å². The van der Waals surface area contributed by atoms with E-state index in [9.17, 15) is 4.79 Å². The number of carbonyl (C=O) groups is 1. The van der Waals surface area contributed by atoms with Crippen molar-refractivity contribution in [2.75, 3.05) is 5.32 Å². The zero-order valence-corrected chi connectivity index (χ0v) is 11.2. The van der Waals surface area contributed by atoms with Crippen LogP contribution in [0, 0.1) is 0 Å². The van der Waals surface area contributed by atoms with E-state index in [-0.39, 0.29) is 10.9 Å². The smallest absolute Gasteiger partial charge is 0.224 e. The number of hydrogen-bond donors (Lipinski definition) is 2. The van der Waals surface area contributed by atoms with Crippen LogP contribution in [0.2, 0.25) is 5.02 Å². The highest BCUT2D eigenvalue weighted by Crippen LogP contribution is 2.23. The Balaban J connectivity index is 2.79. The fourth-order valence-corrected chi connectivity index (χ4v) is 1.62. The third kappa shape index (κ3) is 4.32. The molecule has 0 aliphatic heterocycles. The fourth-order valence-electron chi connectivity index (χ4n) is 1.32. The molecule has 0 saturated carbocycles. The minimum absolute atomic E-state index is 0.0474. The maximum atomic E-state index is 11.6. The molecule has 1 amide bonds. The number of halogens is 1. The van der Waals surface area contributed by atoms with E-state index in [1.54, 1.807) is 18.2 Å². The van der Waals surface area contributed by atoms with E-state index in [0.29, 0.717) is 22.7 Å². The SMILES string of the molecule is CCCCC(=O)Nc1cc(C(N)=S)ccc1Cl. The first-order valence-corrected chi connectivity index (χ1v) is 6.22. The van der Waals surface area contributed by atoms with E-state index in [4.69, 9.17) is 29.6 Å². The number of anilines is 1. The molecule has 1 aromatic rings. The van der Waals surface area contributed by atoms with Crippen LogP contribution in [-0.4, -0.2) is 10.9 Å². The third-order valence-electron chi connectivity index (χ3n) is 2.28. The van der Waals surface area contributed by atoms with E-state index >= 15 is 0 Å². The standard InChI is InChI=1S/C12H15ClN2OS/c1-2-3-4-11(16)15-10-7-8(12(14)17)5-6-9(10)13/h5-7H,2-4H2,1H3,(H2,14,17)(H,15,16). The molecule has 92 valence electrons. The highest BCUT2D eigenvalue weighted by Gasteiger charge is 2.07. The third-order valence-corrected chi connectivity index (χ3v) is 2.85. The van der Waals surface area contributed by atoms with E-state index in [0.717, 1.165) is 12.8 Å². The van der Waals surface area contributed by atoms with Crippen molar-refractivity contribution in [3.63, 3.8) is 0 Å². The Bertz CT molecular complexity index is 435. The summed E-state index contributed by atoms with van der Waals surface area (Å²) in [6, 6.07) is 5.09. The number of benzene rings is 1. The van der Waals surface area contributed by atoms with Crippen LogP contribution in [0.15, 0.2) is 18.2 Å². The second-order valence-electron chi connectivity index (χ2n) is 3.71. The molecule has 17 heavy (non-hydrogen) atoms. The summed E-state index contributed by atoms with van der Waals surface area (Å²) in [6.45, 7) is 2.04. The molecule has 0 bridgehead atoms. The molecule has 3 nitrogen and oxygen atoms in total. The second kappa shape index (κ2) is 6.57. The van der Waals surface area contributed by atoms with E-state index < -0.39 is 0 Å². The summed E-state index contributed by atoms with van der Waals surface area (Å²) in [5.41, 5.74) is 6.76. The minimum Gasteiger partial charge on any atom is -0.389 e. The van der Waals surface area contributed by atoms with Gasteiger partial charge in [-0.1, -0.05) is 43.2 Å². The lowest BCUT2D eigenvalue weighted by molar-refractivity contribution is -0.116. The van der Waals surface area contributed by atoms with Gasteiger partial charge in [0.15, 0.2) is 0 Å². The summed E-state index contributed by atoms with van der Waals surface area (Å²) < 4.78 is 0. The molecular weight excluding hydrogens is 256 g/mol. The Kier molecular flexibility index (Phi) is 5.38. The molecule has 0 fully saturated rings. The summed E-state index contributed by atoms with van der Waals surface area (Å²) in [5, 5.41) is 3.24. The molecule has 0 aliphatic rings. The molecule has 0 spiro atoms. The Labute approximate surface area is 111 Å². The van der Waals surface area contributed by atoms with Crippen LogP contribution >= 0.6 is 23.8 Å². The van der Waals surface area contributed by atoms with Crippen molar-refractivity contribution in [2.24, 2.45) is 5.73 Å². The number of amides is 1. The second-order valence-corrected chi connectivity index (χ2v) is 4.56. The number of carbonyl (C=O) groups excluding carboxylic acids is 1. The van der Waals surface area contributed by atoms with Crippen molar-refractivity contribution in [1.82, 2.24) is 0 Å². The molecule has 0 atom stereocenters. The molecule has 1 rings (SSSR count). The number of rotatable bonds is 5. The number of thiocarbonyl (C=S) groups is 1. The van der Waals surface area contributed by atoms with E-state index in [2.05, 4.69) is 5.32 Å². The molecule has 0 radical (unpaired) electrons.